The molecule has 1 N–H and O–H groups in total. The summed E-state index contributed by atoms with van der Waals surface area (Å²) < 4.78 is 10.6. The Kier molecular flexibility index (Phi) is 4.05. The summed E-state index contributed by atoms with van der Waals surface area (Å²) >= 11 is 0. The van der Waals surface area contributed by atoms with E-state index in [9.17, 15) is 0 Å². The highest BCUT2D eigenvalue weighted by atomic mass is 16.5. The third kappa shape index (κ3) is 2.93. The number of rotatable bonds is 5. The van der Waals surface area contributed by atoms with Crippen molar-refractivity contribution in [3.8, 4) is 5.75 Å². The monoisotopic (exact) mass is 245 g/mol. The van der Waals surface area contributed by atoms with E-state index in [4.69, 9.17) is 9.15 Å². The van der Waals surface area contributed by atoms with E-state index in [-0.39, 0.29) is 12.1 Å². The summed E-state index contributed by atoms with van der Waals surface area (Å²) in [5.41, 5.74) is 1.20. The predicted octanol–water partition coefficient (Wildman–Crippen LogP) is 3.70. The number of furan rings is 1. The largest absolute Gasteiger partial charge is 0.497 e. The van der Waals surface area contributed by atoms with Gasteiger partial charge in [-0.2, -0.15) is 0 Å². The molecule has 0 spiro atoms. The number of methoxy groups -OCH3 is 1. The first kappa shape index (κ1) is 12.7. The normalized spacial score (nSPS) is 14.2. The first-order valence-corrected chi connectivity index (χ1v) is 6.14. The smallest absolute Gasteiger partial charge is 0.120 e. The van der Waals surface area contributed by atoms with Gasteiger partial charge in [-0.05, 0) is 43.7 Å². The van der Waals surface area contributed by atoms with Crippen molar-refractivity contribution in [2.45, 2.75) is 25.9 Å². The molecule has 0 aliphatic rings. The highest BCUT2D eigenvalue weighted by Gasteiger charge is 2.13. The second-order valence-corrected chi connectivity index (χ2v) is 4.40. The molecule has 3 nitrogen and oxygen atoms in total. The Morgan fingerprint density at radius 2 is 1.94 bits per heavy atom. The number of benzene rings is 1. The van der Waals surface area contributed by atoms with Gasteiger partial charge >= 0.3 is 0 Å². The van der Waals surface area contributed by atoms with E-state index in [1.807, 2.05) is 30.3 Å². The van der Waals surface area contributed by atoms with Crippen LogP contribution in [-0.2, 0) is 0 Å². The molecule has 0 saturated carbocycles. The highest BCUT2D eigenvalue weighted by molar-refractivity contribution is 5.30. The Hall–Kier alpha value is -1.74. The van der Waals surface area contributed by atoms with Gasteiger partial charge in [0.15, 0.2) is 0 Å². The molecule has 1 aromatic carbocycles. The van der Waals surface area contributed by atoms with Crippen molar-refractivity contribution < 1.29 is 9.15 Å². The van der Waals surface area contributed by atoms with Crippen molar-refractivity contribution in [2.24, 2.45) is 0 Å². The lowest BCUT2D eigenvalue weighted by atomic mass is 10.1. The summed E-state index contributed by atoms with van der Waals surface area (Å²) in [5.74, 6) is 1.83. The Balaban J connectivity index is 2.04. The third-order valence-corrected chi connectivity index (χ3v) is 3.06. The summed E-state index contributed by atoms with van der Waals surface area (Å²) in [6.07, 6.45) is 1.70. The summed E-state index contributed by atoms with van der Waals surface area (Å²) in [5, 5.41) is 3.50. The fraction of sp³-hybridized carbons (Fsp3) is 0.333. The van der Waals surface area contributed by atoms with Crippen LogP contribution >= 0.6 is 0 Å². The Bertz CT molecular complexity index is 479. The number of nitrogens with one attached hydrogen (secondary N) is 1. The van der Waals surface area contributed by atoms with E-state index in [1.165, 1.54) is 5.56 Å². The van der Waals surface area contributed by atoms with Crippen molar-refractivity contribution in [2.75, 3.05) is 7.11 Å². The van der Waals surface area contributed by atoms with Crippen molar-refractivity contribution >= 4 is 0 Å². The number of hydrogen-bond acceptors (Lipinski definition) is 3. The summed E-state index contributed by atoms with van der Waals surface area (Å²) in [6, 6.07) is 12.4. The van der Waals surface area contributed by atoms with E-state index in [0.717, 1.165) is 11.5 Å². The van der Waals surface area contributed by atoms with E-state index in [2.05, 4.69) is 25.2 Å². The molecule has 2 unspecified atom stereocenters. The molecule has 2 atom stereocenters. The van der Waals surface area contributed by atoms with E-state index < -0.39 is 0 Å². The van der Waals surface area contributed by atoms with Crippen LogP contribution in [0.15, 0.2) is 47.1 Å². The second kappa shape index (κ2) is 5.74. The molecule has 0 bridgehead atoms. The lowest BCUT2D eigenvalue weighted by molar-refractivity contribution is 0.398. The van der Waals surface area contributed by atoms with Gasteiger partial charge < -0.3 is 14.5 Å². The summed E-state index contributed by atoms with van der Waals surface area (Å²) in [6.45, 7) is 4.23. The fourth-order valence-corrected chi connectivity index (χ4v) is 2.00. The maximum absolute atomic E-state index is 5.39. The Labute approximate surface area is 108 Å². The fourth-order valence-electron chi connectivity index (χ4n) is 2.00. The first-order chi connectivity index (χ1) is 8.70. The van der Waals surface area contributed by atoms with Gasteiger partial charge in [0.1, 0.15) is 11.5 Å². The molecule has 96 valence electrons. The van der Waals surface area contributed by atoms with Crippen LogP contribution in [0.5, 0.6) is 5.75 Å². The van der Waals surface area contributed by atoms with Crippen LogP contribution in [0, 0.1) is 0 Å². The molecule has 1 heterocycles. The predicted molar refractivity (Wildman–Crippen MR) is 71.7 cm³/mol. The minimum Gasteiger partial charge on any atom is -0.497 e. The van der Waals surface area contributed by atoms with Gasteiger partial charge in [-0.3, -0.25) is 0 Å². The zero-order chi connectivity index (χ0) is 13.0. The van der Waals surface area contributed by atoms with E-state index >= 15 is 0 Å². The molecule has 0 aliphatic heterocycles. The molecular formula is C15H19NO2. The average Bonchev–Trinajstić information content (AvgIpc) is 2.92. The quantitative estimate of drug-likeness (QED) is 0.872. The van der Waals surface area contributed by atoms with Crippen LogP contribution in [0.4, 0.5) is 0 Å². The van der Waals surface area contributed by atoms with E-state index in [0.29, 0.717) is 0 Å². The van der Waals surface area contributed by atoms with Gasteiger partial charge in [-0.15, -0.1) is 0 Å². The number of ether oxygens (including phenoxy) is 1. The molecule has 0 radical (unpaired) electrons. The molecule has 2 rings (SSSR count). The van der Waals surface area contributed by atoms with Crippen LogP contribution in [0.3, 0.4) is 0 Å². The molecule has 2 aromatic rings. The molecule has 0 fully saturated rings. The maximum Gasteiger partial charge on any atom is 0.120 e. The molecular weight excluding hydrogens is 226 g/mol. The molecule has 1 aromatic heterocycles. The molecule has 3 heteroatoms. The molecule has 18 heavy (non-hydrogen) atoms. The van der Waals surface area contributed by atoms with Gasteiger partial charge in [0.05, 0.1) is 19.4 Å². The van der Waals surface area contributed by atoms with Gasteiger partial charge in [0, 0.05) is 6.04 Å². The molecule has 0 aliphatic carbocycles. The second-order valence-electron chi connectivity index (χ2n) is 4.40. The maximum atomic E-state index is 5.39. The van der Waals surface area contributed by atoms with Crippen molar-refractivity contribution in [1.29, 1.82) is 0 Å². The van der Waals surface area contributed by atoms with Crippen LogP contribution in [0.25, 0.3) is 0 Å². The minimum atomic E-state index is 0.182. The van der Waals surface area contributed by atoms with Crippen LogP contribution in [-0.4, -0.2) is 7.11 Å². The molecule has 0 amide bonds. The molecule has 0 saturated heterocycles. The van der Waals surface area contributed by atoms with Crippen LogP contribution < -0.4 is 10.1 Å². The Morgan fingerprint density at radius 1 is 1.11 bits per heavy atom. The minimum absolute atomic E-state index is 0.182. The number of hydrogen-bond donors (Lipinski definition) is 1. The van der Waals surface area contributed by atoms with Gasteiger partial charge in [-0.25, -0.2) is 0 Å². The van der Waals surface area contributed by atoms with Crippen molar-refractivity contribution in [3.05, 3.63) is 54.0 Å². The van der Waals surface area contributed by atoms with Gasteiger partial charge in [0.2, 0.25) is 0 Å². The zero-order valence-corrected chi connectivity index (χ0v) is 11.0. The SMILES string of the molecule is COc1cccc(C(C)NC(C)c2ccco2)c1. The third-order valence-electron chi connectivity index (χ3n) is 3.06. The summed E-state index contributed by atoms with van der Waals surface area (Å²) in [4.78, 5) is 0. The topological polar surface area (TPSA) is 34.4 Å². The average molecular weight is 245 g/mol. The zero-order valence-electron chi connectivity index (χ0n) is 11.0. The van der Waals surface area contributed by atoms with Gasteiger partial charge in [-0.1, -0.05) is 12.1 Å². The van der Waals surface area contributed by atoms with Crippen molar-refractivity contribution in [1.82, 2.24) is 5.32 Å². The highest BCUT2D eigenvalue weighted by Crippen LogP contribution is 2.22. The Morgan fingerprint density at radius 3 is 2.61 bits per heavy atom. The van der Waals surface area contributed by atoms with Gasteiger partial charge in [0.25, 0.3) is 0 Å². The first-order valence-electron chi connectivity index (χ1n) is 6.14. The van der Waals surface area contributed by atoms with Crippen molar-refractivity contribution in [3.63, 3.8) is 0 Å². The van der Waals surface area contributed by atoms with Crippen LogP contribution in [0.1, 0.15) is 37.3 Å². The summed E-state index contributed by atoms with van der Waals surface area (Å²) in [7, 11) is 1.68. The van der Waals surface area contributed by atoms with E-state index in [1.54, 1.807) is 13.4 Å². The van der Waals surface area contributed by atoms with Crippen LogP contribution in [0.2, 0.25) is 0 Å². The lowest BCUT2D eigenvalue weighted by Crippen LogP contribution is -2.22. The standard InChI is InChI=1S/C15H19NO2/c1-11(13-6-4-7-14(10-13)17-3)16-12(2)15-8-5-9-18-15/h4-12,16H,1-3H3. The lowest BCUT2D eigenvalue weighted by Gasteiger charge is -2.19.